The Balaban J connectivity index is -0.000000438. The second-order valence-corrected chi connectivity index (χ2v) is 8.81. The average Bonchev–Trinajstić information content (AvgIpc) is 2.82. The number of nitrogens with zero attached hydrogens (tertiary/aromatic N) is 2. The third-order valence-corrected chi connectivity index (χ3v) is 5.34. The van der Waals surface area contributed by atoms with Gasteiger partial charge in [-0.15, -0.1) is 0 Å². The molecule has 0 unspecified atom stereocenters. The Morgan fingerprint density at radius 1 is 0.471 bits per heavy atom. The van der Waals surface area contributed by atoms with Crippen molar-refractivity contribution in [2.24, 2.45) is 0 Å². The number of hydrogen-bond acceptors (Lipinski definition) is 4. The van der Waals surface area contributed by atoms with E-state index < -0.39 is 11.9 Å². The average molecular weight is 487 g/mol. The molecule has 0 saturated heterocycles. The zero-order valence-corrected chi connectivity index (χ0v) is 23.5. The standard InChI is InChI=1S/2C12H27N.C4H4O4/c2*1-4-7-10-13(11-8-5-2)12-9-6-3;5-3(6)1-2-4(7)8/h2*4-12H2,1-3H3;1-2H,(H,5,6)(H,7,8)/b;;2-1+. The zero-order valence-electron chi connectivity index (χ0n) is 23.5. The molecule has 204 valence electrons. The van der Waals surface area contributed by atoms with Crippen molar-refractivity contribution in [3.63, 3.8) is 0 Å². The van der Waals surface area contributed by atoms with E-state index in [4.69, 9.17) is 10.2 Å². The molecule has 6 nitrogen and oxygen atoms in total. The fourth-order valence-corrected chi connectivity index (χ4v) is 3.10. The third kappa shape index (κ3) is 35.2. The van der Waals surface area contributed by atoms with E-state index in [0.717, 1.165) is 0 Å². The molecule has 0 aromatic heterocycles. The summed E-state index contributed by atoms with van der Waals surface area (Å²) in [6, 6.07) is 0. The first-order valence-electron chi connectivity index (χ1n) is 13.9. The van der Waals surface area contributed by atoms with Gasteiger partial charge in [0.1, 0.15) is 0 Å². The summed E-state index contributed by atoms with van der Waals surface area (Å²) in [4.78, 5) is 24.4. The van der Waals surface area contributed by atoms with Gasteiger partial charge in [0.2, 0.25) is 0 Å². The van der Waals surface area contributed by atoms with Crippen molar-refractivity contribution >= 4 is 11.9 Å². The quantitative estimate of drug-likeness (QED) is 0.179. The predicted molar refractivity (Wildman–Crippen MR) is 147 cm³/mol. The molecule has 6 heteroatoms. The lowest BCUT2D eigenvalue weighted by Crippen LogP contribution is -2.27. The van der Waals surface area contributed by atoms with Crippen molar-refractivity contribution in [2.75, 3.05) is 39.3 Å². The number of aliphatic carboxylic acids is 2. The maximum Gasteiger partial charge on any atom is 0.328 e. The largest absolute Gasteiger partial charge is 0.478 e. The molecule has 0 aliphatic carbocycles. The lowest BCUT2D eigenvalue weighted by molar-refractivity contribution is -0.134. The summed E-state index contributed by atoms with van der Waals surface area (Å²) < 4.78 is 0. The minimum Gasteiger partial charge on any atom is -0.478 e. The van der Waals surface area contributed by atoms with Crippen molar-refractivity contribution in [2.45, 2.75) is 119 Å². The first kappa shape index (κ1) is 37.2. The van der Waals surface area contributed by atoms with E-state index >= 15 is 0 Å². The molecule has 0 radical (unpaired) electrons. The van der Waals surface area contributed by atoms with Crippen molar-refractivity contribution in [1.29, 1.82) is 0 Å². The highest BCUT2D eigenvalue weighted by Crippen LogP contribution is 2.02. The highest BCUT2D eigenvalue weighted by atomic mass is 16.4. The molecule has 0 fully saturated rings. The van der Waals surface area contributed by atoms with E-state index in [-0.39, 0.29) is 0 Å². The Labute approximate surface area is 211 Å². The lowest BCUT2D eigenvalue weighted by Gasteiger charge is -2.21. The molecule has 0 aromatic carbocycles. The molecule has 0 atom stereocenters. The van der Waals surface area contributed by atoms with Crippen LogP contribution in [0.4, 0.5) is 0 Å². The van der Waals surface area contributed by atoms with E-state index in [2.05, 4.69) is 51.3 Å². The van der Waals surface area contributed by atoms with Gasteiger partial charge >= 0.3 is 11.9 Å². The molecule has 0 aromatic rings. The van der Waals surface area contributed by atoms with Crippen LogP contribution in [0.15, 0.2) is 12.2 Å². The van der Waals surface area contributed by atoms with Crippen LogP contribution in [0.25, 0.3) is 0 Å². The summed E-state index contributed by atoms with van der Waals surface area (Å²) >= 11 is 0. The fourth-order valence-electron chi connectivity index (χ4n) is 3.10. The second kappa shape index (κ2) is 31.6. The van der Waals surface area contributed by atoms with Gasteiger partial charge < -0.3 is 20.0 Å². The molecule has 0 bridgehead atoms. The Morgan fingerprint density at radius 2 is 0.647 bits per heavy atom. The lowest BCUT2D eigenvalue weighted by atomic mass is 10.2. The fraction of sp³-hybridized carbons (Fsp3) is 0.857. The topological polar surface area (TPSA) is 81.1 Å². The van der Waals surface area contributed by atoms with E-state index in [9.17, 15) is 9.59 Å². The number of rotatable bonds is 20. The molecule has 2 N–H and O–H groups in total. The first-order valence-corrected chi connectivity index (χ1v) is 13.9. The minimum absolute atomic E-state index is 0.558. The Kier molecular flexibility index (Phi) is 34.5. The predicted octanol–water partition coefficient (Wildman–Crippen LogP) is 7.09. The van der Waals surface area contributed by atoms with Crippen LogP contribution in [-0.2, 0) is 9.59 Å². The van der Waals surface area contributed by atoms with Crippen LogP contribution in [0.1, 0.15) is 119 Å². The number of unbranched alkanes of at least 4 members (excludes halogenated alkanes) is 6. The van der Waals surface area contributed by atoms with Crippen LogP contribution < -0.4 is 0 Å². The van der Waals surface area contributed by atoms with E-state index in [1.54, 1.807) is 0 Å². The van der Waals surface area contributed by atoms with Gasteiger partial charge in [-0.25, -0.2) is 9.59 Å². The smallest absolute Gasteiger partial charge is 0.328 e. The summed E-state index contributed by atoms with van der Waals surface area (Å²) in [6.45, 7) is 21.5. The van der Waals surface area contributed by atoms with Gasteiger partial charge in [-0.1, -0.05) is 80.1 Å². The minimum atomic E-state index is -1.26. The number of carboxylic acid groups (broad SMARTS) is 2. The third-order valence-electron chi connectivity index (χ3n) is 5.34. The van der Waals surface area contributed by atoms with Gasteiger partial charge in [0.05, 0.1) is 0 Å². The Morgan fingerprint density at radius 3 is 0.765 bits per heavy atom. The normalized spacial score (nSPS) is 10.7. The number of carboxylic acids is 2. The van der Waals surface area contributed by atoms with E-state index in [1.165, 1.54) is 116 Å². The second-order valence-electron chi connectivity index (χ2n) is 8.81. The summed E-state index contributed by atoms with van der Waals surface area (Å²) in [7, 11) is 0. The van der Waals surface area contributed by atoms with Gasteiger partial charge in [0.25, 0.3) is 0 Å². The van der Waals surface area contributed by atoms with Gasteiger partial charge in [0, 0.05) is 12.2 Å². The molecule has 0 rings (SSSR count). The zero-order chi connectivity index (χ0) is 26.5. The maximum absolute atomic E-state index is 9.55. The highest BCUT2D eigenvalue weighted by Gasteiger charge is 2.02. The molecule has 0 spiro atoms. The van der Waals surface area contributed by atoms with E-state index in [0.29, 0.717) is 12.2 Å². The monoisotopic (exact) mass is 486 g/mol. The summed E-state index contributed by atoms with van der Waals surface area (Å²) in [5, 5.41) is 15.6. The van der Waals surface area contributed by atoms with Crippen molar-refractivity contribution in [1.82, 2.24) is 9.80 Å². The summed E-state index contributed by atoms with van der Waals surface area (Å²) in [5.74, 6) is -2.51. The van der Waals surface area contributed by atoms with Crippen LogP contribution in [0.2, 0.25) is 0 Å². The van der Waals surface area contributed by atoms with E-state index in [1.807, 2.05) is 0 Å². The highest BCUT2D eigenvalue weighted by molar-refractivity contribution is 5.89. The van der Waals surface area contributed by atoms with Crippen molar-refractivity contribution in [3.8, 4) is 0 Å². The van der Waals surface area contributed by atoms with Crippen LogP contribution in [0, 0.1) is 0 Å². The molecule has 0 aliphatic rings. The van der Waals surface area contributed by atoms with Crippen LogP contribution >= 0.6 is 0 Å². The molecular weight excluding hydrogens is 428 g/mol. The summed E-state index contributed by atoms with van der Waals surface area (Å²) in [5.41, 5.74) is 0. The van der Waals surface area contributed by atoms with Crippen LogP contribution in [0.5, 0.6) is 0 Å². The van der Waals surface area contributed by atoms with Gasteiger partial charge in [-0.05, 0) is 77.8 Å². The number of carbonyl (C=O) groups is 2. The van der Waals surface area contributed by atoms with Gasteiger partial charge in [-0.3, -0.25) is 0 Å². The number of hydrogen-bond donors (Lipinski definition) is 2. The molecule has 34 heavy (non-hydrogen) atoms. The SMILES string of the molecule is CCCCN(CCCC)CCCC.CCCCN(CCCC)CCCC.O=C(O)/C=C/C(=O)O. The maximum atomic E-state index is 9.55. The van der Waals surface area contributed by atoms with Crippen molar-refractivity contribution in [3.05, 3.63) is 12.2 Å². The van der Waals surface area contributed by atoms with Gasteiger partial charge in [-0.2, -0.15) is 0 Å². The summed E-state index contributed by atoms with van der Waals surface area (Å²) in [6.07, 6.45) is 17.3. The first-order chi connectivity index (χ1) is 16.3. The molecular formula is C28H58N2O4. The molecule has 0 saturated carbocycles. The van der Waals surface area contributed by atoms with Crippen LogP contribution in [-0.4, -0.2) is 71.2 Å². The Bertz CT molecular complexity index is 378. The molecule has 0 heterocycles. The Hall–Kier alpha value is -1.40. The molecule has 0 amide bonds. The van der Waals surface area contributed by atoms with Crippen LogP contribution in [0.3, 0.4) is 0 Å². The molecule has 0 aliphatic heterocycles. The van der Waals surface area contributed by atoms with Crippen molar-refractivity contribution < 1.29 is 19.8 Å². The van der Waals surface area contributed by atoms with Gasteiger partial charge in [0.15, 0.2) is 0 Å².